The molecule has 0 spiro atoms. The predicted molar refractivity (Wildman–Crippen MR) is 90.8 cm³/mol. The molecule has 0 aromatic heterocycles. The summed E-state index contributed by atoms with van der Waals surface area (Å²) in [7, 11) is 0. The van der Waals surface area contributed by atoms with E-state index in [-0.39, 0.29) is 24.3 Å². The SMILES string of the molecule is NC(=O)C[C@@H]1CCCCN1C(=O)Cc1cccc2ccccc12. The largest absolute Gasteiger partial charge is 0.370 e. The van der Waals surface area contributed by atoms with Gasteiger partial charge >= 0.3 is 0 Å². The van der Waals surface area contributed by atoms with Gasteiger partial charge in [0.1, 0.15) is 0 Å². The minimum atomic E-state index is -0.333. The molecule has 1 heterocycles. The third-order valence-corrected chi connectivity index (χ3v) is 4.61. The fraction of sp³-hybridized carbons (Fsp3) is 0.368. The molecule has 1 fully saturated rings. The minimum absolute atomic E-state index is 0.0382. The minimum Gasteiger partial charge on any atom is -0.370 e. The maximum atomic E-state index is 12.8. The van der Waals surface area contributed by atoms with Crippen molar-refractivity contribution in [2.45, 2.75) is 38.1 Å². The second-order valence-electron chi connectivity index (χ2n) is 6.22. The average Bonchev–Trinajstić information content (AvgIpc) is 2.55. The first-order chi connectivity index (χ1) is 11.1. The Balaban J connectivity index is 1.80. The molecule has 1 atom stereocenters. The molecule has 1 aliphatic heterocycles. The number of amides is 2. The van der Waals surface area contributed by atoms with Gasteiger partial charge in [-0.05, 0) is 35.6 Å². The quantitative estimate of drug-likeness (QED) is 0.943. The van der Waals surface area contributed by atoms with Gasteiger partial charge in [0, 0.05) is 19.0 Å². The van der Waals surface area contributed by atoms with Crippen molar-refractivity contribution in [2.75, 3.05) is 6.54 Å². The number of hydrogen-bond acceptors (Lipinski definition) is 2. The molecule has 0 saturated carbocycles. The first-order valence-electron chi connectivity index (χ1n) is 8.19. The van der Waals surface area contributed by atoms with Crippen LogP contribution in [0, 0.1) is 0 Å². The highest BCUT2D eigenvalue weighted by Gasteiger charge is 2.27. The third kappa shape index (κ3) is 3.52. The molecule has 0 aliphatic carbocycles. The van der Waals surface area contributed by atoms with Gasteiger partial charge in [0.05, 0.1) is 6.42 Å². The number of benzene rings is 2. The van der Waals surface area contributed by atoms with Crippen molar-refractivity contribution in [1.82, 2.24) is 4.90 Å². The van der Waals surface area contributed by atoms with Gasteiger partial charge in [-0.25, -0.2) is 0 Å². The summed E-state index contributed by atoms with van der Waals surface area (Å²) in [6.07, 6.45) is 3.55. The van der Waals surface area contributed by atoms with Crippen molar-refractivity contribution in [3.8, 4) is 0 Å². The van der Waals surface area contributed by atoms with Crippen LogP contribution in [0.3, 0.4) is 0 Å². The summed E-state index contributed by atoms with van der Waals surface area (Å²) in [6.45, 7) is 0.724. The molecule has 2 amide bonds. The molecule has 4 nitrogen and oxygen atoms in total. The lowest BCUT2D eigenvalue weighted by atomic mass is 9.97. The van der Waals surface area contributed by atoms with Crippen LogP contribution in [0.5, 0.6) is 0 Å². The molecule has 2 aromatic rings. The highest BCUT2D eigenvalue weighted by Crippen LogP contribution is 2.23. The number of piperidine rings is 1. The summed E-state index contributed by atoms with van der Waals surface area (Å²) in [6, 6.07) is 14.1. The third-order valence-electron chi connectivity index (χ3n) is 4.61. The van der Waals surface area contributed by atoms with Crippen LogP contribution in [-0.4, -0.2) is 29.3 Å². The van der Waals surface area contributed by atoms with Crippen molar-refractivity contribution in [1.29, 1.82) is 0 Å². The number of primary amides is 1. The molecule has 3 rings (SSSR count). The van der Waals surface area contributed by atoms with E-state index in [2.05, 4.69) is 18.2 Å². The molecule has 2 aromatic carbocycles. The van der Waals surface area contributed by atoms with E-state index in [9.17, 15) is 9.59 Å². The Morgan fingerprint density at radius 3 is 2.70 bits per heavy atom. The predicted octanol–water partition coefficient (Wildman–Crippen LogP) is 2.64. The van der Waals surface area contributed by atoms with Gasteiger partial charge in [0.25, 0.3) is 0 Å². The molecule has 1 aliphatic rings. The Labute approximate surface area is 136 Å². The van der Waals surface area contributed by atoms with Gasteiger partial charge in [-0.1, -0.05) is 42.5 Å². The molecule has 120 valence electrons. The maximum Gasteiger partial charge on any atom is 0.227 e. The Morgan fingerprint density at radius 1 is 1.09 bits per heavy atom. The Kier molecular flexibility index (Phi) is 4.60. The summed E-state index contributed by atoms with van der Waals surface area (Å²) < 4.78 is 0. The summed E-state index contributed by atoms with van der Waals surface area (Å²) in [5.41, 5.74) is 6.37. The Bertz CT molecular complexity index is 721. The smallest absolute Gasteiger partial charge is 0.227 e. The van der Waals surface area contributed by atoms with Crippen LogP contribution in [0.15, 0.2) is 42.5 Å². The second-order valence-corrected chi connectivity index (χ2v) is 6.22. The normalized spacial score (nSPS) is 18.1. The molecule has 0 bridgehead atoms. The molecule has 0 radical (unpaired) electrons. The number of likely N-dealkylation sites (tertiary alicyclic amines) is 1. The van der Waals surface area contributed by atoms with E-state index < -0.39 is 0 Å². The number of nitrogens with zero attached hydrogens (tertiary/aromatic N) is 1. The second kappa shape index (κ2) is 6.82. The van der Waals surface area contributed by atoms with Crippen molar-refractivity contribution in [2.24, 2.45) is 5.73 Å². The summed E-state index contributed by atoms with van der Waals surface area (Å²) in [5.74, 6) is -0.243. The van der Waals surface area contributed by atoms with Crippen molar-refractivity contribution in [3.63, 3.8) is 0 Å². The van der Waals surface area contributed by atoms with Crippen LogP contribution in [0.2, 0.25) is 0 Å². The van der Waals surface area contributed by atoms with Crippen LogP contribution in [0.1, 0.15) is 31.2 Å². The molecular formula is C19H22N2O2. The Morgan fingerprint density at radius 2 is 1.87 bits per heavy atom. The van der Waals surface area contributed by atoms with Gasteiger partial charge < -0.3 is 10.6 Å². The summed E-state index contributed by atoms with van der Waals surface area (Å²) in [4.78, 5) is 25.9. The van der Waals surface area contributed by atoms with E-state index in [4.69, 9.17) is 5.73 Å². The van der Waals surface area contributed by atoms with E-state index in [1.54, 1.807) is 0 Å². The lowest BCUT2D eigenvalue weighted by molar-refractivity contribution is -0.135. The van der Waals surface area contributed by atoms with Crippen LogP contribution >= 0.6 is 0 Å². The van der Waals surface area contributed by atoms with Crippen LogP contribution in [0.25, 0.3) is 10.8 Å². The van der Waals surface area contributed by atoms with Gasteiger partial charge in [-0.15, -0.1) is 0 Å². The zero-order valence-electron chi connectivity index (χ0n) is 13.2. The van der Waals surface area contributed by atoms with Gasteiger partial charge in [0.15, 0.2) is 0 Å². The molecule has 0 unspecified atom stereocenters. The van der Waals surface area contributed by atoms with Crippen molar-refractivity contribution in [3.05, 3.63) is 48.0 Å². The number of fused-ring (bicyclic) bond motifs is 1. The fourth-order valence-electron chi connectivity index (χ4n) is 3.48. The number of hydrogen-bond donors (Lipinski definition) is 1. The van der Waals surface area contributed by atoms with E-state index in [0.717, 1.165) is 42.1 Å². The van der Waals surface area contributed by atoms with E-state index in [1.165, 1.54) is 0 Å². The monoisotopic (exact) mass is 310 g/mol. The fourth-order valence-corrected chi connectivity index (χ4v) is 3.48. The highest BCUT2D eigenvalue weighted by atomic mass is 16.2. The van der Waals surface area contributed by atoms with Gasteiger partial charge in [-0.3, -0.25) is 9.59 Å². The standard InChI is InChI=1S/C19H22N2O2/c20-18(22)13-16-9-3-4-11-21(16)19(23)12-15-8-5-7-14-6-1-2-10-17(14)15/h1-2,5-8,10,16H,3-4,9,11-13H2,(H2,20,22)/t16-/m0/s1. The lowest BCUT2D eigenvalue weighted by Gasteiger charge is -2.35. The molecule has 1 saturated heterocycles. The number of rotatable bonds is 4. The first-order valence-corrected chi connectivity index (χ1v) is 8.19. The number of carbonyl (C=O) groups is 2. The van der Waals surface area contributed by atoms with Crippen LogP contribution < -0.4 is 5.73 Å². The van der Waals surface area contributed by atoms with E-state index >= 15 is 0 Å². The van der Waals surface area contributed by atoms with E-state index in [0.29, 0.717) is 6.42 Å². The molecule has 23 heavy (non-hydrogen) atoms. The van der Waals surface area contributed by atoms with Gasteiger partial charge in [0.2, 0.25) is 11.8 Å². The average molecular weight is 310 g/mol. The molecular weight excluding hydrogens is 288 g/mol. The maximum absolute atomic E-state index is 12.8. The highest BCUT2D eigenvalue weighted by molar-refractivity contribution is 5.90. The number of nitrogens with two attached hydrogens (primary N) is 1. The number of carbonyl (C=O) groups excluding carboxylic acids is 2. The van der Waals surface area contributed by atoms with Gasteiger partial charge in [-0.2, -0.15) is 0 Å². The zero-order valence-corrected chi connectivity index (χ0v) is 13.2. The lowest BCUT2D eigenvalue weighted by Crippen LogP contribution is -2.46. The zero-order chi connectivity index (χ0) is 16.2. The topological polar surface area (TPSA) is 63.4 Å². The summed E-state index contributed by atoms with van der Waals surface area (Å²) in [5, 5.41) is 2.26. The van der Waals surface area contributed by atoms with Crippen molar-refractivity contribution >= 4 is 22.6 Å². The molecule has 2 N–H and O–H groups in total. The van der Waals surface area contributed by atoms with Crippen LogP contribution in [-0.2, 0) is 16.0 Å². The first kappa shape index (κ1) is 15.5. The van der Waals surface area contributed by atoms with E-state index in [1.807, 2.05) is 29.2 Å². The van der Waals surface area contributed by atoms with Crippen LogP contribution in [0.4, 0.5) is 0 Å². The Hall–Kier alpha value is -2.36. The molecule has 4 heteroatoms. The summed E-state index contributed by atoms with van der Waals surface area (Å²) >= 11 is 0. The van der Waals surface area contributed by atoms with Crippen molar-refractivity contribution < 1.29 is 9.59 Å².